The van der Waals surface area contributed by atoms with Gasteiger partial charge in [0.1, 0.15) is 13.2 Å². The van der Waals surface area contributed by atoms with Crippen LogP contribution in [0.15, 0.2) is 60.8 Å². The molecule has 2 unspecified atom stereocenters. The Kier molecular flexibility index (Phi) is 40.5. The highest BCUT2D eigenvalue weighted by Gasteiger charge is 2.21. The summed E-state index contributed by atoms with van der Waals surface area (Å²) in [6.45, 7) is 4.59. The summed E-state index contributed by atoms with van der Waals surface area (Å²) < 4.78 is 22.6. The molecule has 0 rings (SSSR count). The summed E-state index contributed by atoms with van der Waals surface area (Å²) in [4.78, 5) is 37.0. The molecule has 9 heteroatoms. The summed E-state index contributed by atoms with van der Waals surface area (Å²) in [5.74, 6) is -2.31. The number of esters is 2. The SMILES string of the molecule is CC/C=C\C/C=C\C/C=C\C/C=C\CCCCCCCCCCC(=O)OC(COC(=O)CCCCCCC/C=C\CCCCCCC)COC(OCC[N+](C)(C)C)C(=O)[O-]. The van der Waals surface area contributed by atoms with E-state index in [-0.39, 0.29) is 38.6 Å². The molecule has 0 aromatic heterocycles. The van der Waals surface area contributed by atoms with Crippen LogP contribution in [-0.4, -0.2) is 82.3 Å². The summed E-state index contributed by atoms with van der Waals surface area (Å²) in [7, 11) is 5.90. The molecule has 0 aromatic carbocycles. The monoisotopic (exact) mass is 844 g/mol. The van der Waals surface area contributed by atoms with E-state index in [1.54, 1.807) is 0 Å². The lowest BCUT2D eigenvalue weighted by Crippen LogP contribution is -2.44. The molecule has 2 atom stereocenters. The van der Waals surface area contributed by atoms with Gasteiger partial charge in [0.2, 0.25) is 0 Å². The van der Waals surface area contributed by atoms with Gasteiger partial charge in [0.25, 0.3) is 0 Å². The number of aliphatic carboxylic acids is 1. The van der Waals surface area contributed by atoms with Gasteiger partial charge >= 0.3 is 11.9 Å². The summed E-state index contributed by atoms with van der Waals surface area (Å²) in [6, 6.07) is 0. The maximum atomic E-state index is 12.8. The van der Waals surface area contributed by atoms with E-state index in [2.05, 4.69) is 74.6 Å². The first-order valence-corrected chi connectivity index (χ1v) is 23.9. The number of hydrogen-bond donors (Lipinski definition) is 0. The van der Waals surface area contributed by atoms with Crippen LogP contribution in [0.1, 0.15) is 187 Å². The van der Waals surface area contributed by atoms with Crippen LogP contribution in [0.5, 0.6) is 0 Å². The second-order valence-corrected chi connectivity index (χ2v) is 17.0. The largest absolute Gasteiger partial charge is 0.545 e. The van der Waals surface area contributed by atoms with Crippen molar-refractivity contribution in [1.82, 2.24) is 0 Å². The molecule has 0 aliphatic rings. The van der Waals surface area contributed by atoms with E-state index < -0.39 is 24.3 Å². The number of carbonyl (C=O) groups excluding carboxylic acids is 3. The van der Waals surface area contributed by atoms with E-state index in [9.17, 15) is 19.5 Å². The molecular formula is C51H89NO8. The first-order valence-electron chi connectivity index (χ1n) is 23.9. The number of unbranched alkanes of at least 4 members (excludes halogenated alkanes) is 18. The zero-order valence-corrected chi connectivity index (χ0v) is 39.1. The lowest BCUT2D eigenvalue weighted by Gasteiger charge is -2.26. The zero-order valence-electron chi connectivity index (χ0n) is 39.1. The molecule has 0 fully saturated rings. The van der Waals surface area contributed by atoms with E-state index in [4.69, 9.17) is 18.9 Å². The van der Waals surface area contributed by atoms with Crippen molar-refractivity contribution < 1.29 is 42.9 Å². The average Bonchev–Trinajstić information content (AvgIpc) is 3.21. The average molecular weight is 844 g/mol. The molecule has 9 nitrogen and oxygen atoms in total. The van der Waals surface area contributed by atoms with Crippen LogP contribution >= 0.6 is 0 Å². The van der Waals surface area contributed by atoms with Crippen LogP contribution < -0.4 is 5.11 Å². The van der Waals surface area contributed by atoms with Crippen molar-refractivity contribution in [3.05, 3.63) is 60.8 Å². The number of carboxylic acid groups (broad SMARTS) is 1. The molecule has 0 aliphatic heterocycles. The van der Waals surface area contributed by atoms with E-state index >= 15 is 0 Å². The first kappa shape index (κ1) is 57.0. The second kappa shape index (κ2) is 42.7. The highest BCUT2D eigenvalue weighted by atomic mass is 16.7. The lowest BCUT2D eigenvalue weighted by atomic mass is 10.1. The predicted octanol–water partition coefficient (Wildman–Crippen LogP) is 11.6. The van der Waals surface area contributed by atoms with Crippen molar-refractivity contribution in [3.63, 3.8) is 0 Å². The molecule has 0 amide bonds. The normalized spacial score (nSPS) is 13.4. The topological polar surface area (TPSA) is 111 Å². The number of carbonyl (C=O) groups is 3. The standard InChI is InChI=1S/C51H89NO8/c1-6-8-10-12-14-16-18-20-22-23-24-25-26-27-28-30-32-34-36-38-40-42-49(54)60-47(46-59-51(50(55)56)57-44-43-52(3,4)5)45-58-48(53)41-39-37-35-33-31-29-21-19-17-15-13-11-9-7-2/h8,10,14,16,19-22,24-25,47,51H,6-7,9,11-13,15,17-18,23,26-46H2,1-5H3/b10-8-,16-14-,21-19-,22-20-,25-24-. The van der Waals surface area contributed by atoms with Crippen LogP contribution in [0.3, 0.4) is 0 Å². The Morgan fingerprint density at radius 3 is 1.43 bits per heavy atom. The highest BCUT2D eigenvalue weighted by molar-refractivity contribution is 5.70. The maximum Gasteiger partial charge on any atom is 0.306 e. The van der Waals surface area contributed by atoms with Crippen molar-refractivity contribution in [3.8, 4) is 0 Å². The fraction of sp³-hybridized carbons (Fsp3) is 0.745. The second-order valence-electron chi connectivity index (χ2n) is 17.0. The summed E-state index contributed by atoms with van der Waals surface area (Å²) in [5.41, 5.74) is 0. The first-order chi connectivity index (χ1) is 29.1. The van der Waals surface area contributed by atoms with Gasteiger partial charge in [0.05, 0.1) is 40.3 Å². The van der Waals surface area contributed by atoms with E-state index in [1.165, 1.54) is 64.2 Å². The molecule has 0 heterocycles. The Balaban J connectivity index is 4.41. The maximum absolute atomic E-state index is 12.8. The smallest absolute Gasteiger partial charge is 0.306 e. The lowest BCUT2D eigenvalue weighted by molar-refractivity contribution is -0.870. The third-order valence-corrected chi connectivity index (χ3v) is 10.00. The van der Waals surface area contributed by atoms with Crippen LogP contribution in [-0.2, 0) is 33.3 Å². The number of hydrogen-bond acceptors (Lipinski definition) is 8. The van der Waals surface area contributed by atoms with Crippen molar-refractivity contribution >= 4 is 17.9 Å². The fourth-order valence-corrected chi connectivity index (χ4v) is 6.28. The Bertz CT molecular complexity index is 1170. The van der Waals surface area contributed by atoms with Crippen LogP contribution in [0.25, 0.3) is 0 Å². The molecule has 0 aromatic rings. The van der Waals surface area contributed by atoms with Gasteiger partial charge in [-0.05, 0) is 77.0 Å². The molecule has 0 N–H and O–H groups in total. The Morgan fingerprint density at radius 2 is 0.950 bits per heavy atom. The highest BCUT2D eigenvalue weighted by Crippen LogP contribution is 2.14. The Hall–Kier alpha value is -3.01. The Morgan fingerprint density at radius 1 is 0.517 bits per heavy atom. The van der Waals surface area contributed by atoms with E-state index in [1.807, 2.05) is 21.1 Å². The molecule has 0 aliphatic carbocycles. The van der Waals surface area contributed by atoms with E-state index in [0.29, 0.717) is 17.4 Å². The third kappa shape index (κ3) is 43.1. The van der Waals surface area contributed by atoms with Gasteiger partial charge in [0.15, 0.2) is 12.4 Å². The van der Waals surface area contributed by atoms with Crippen LogP contribution in [0.4, 0.5) is 0 Å². The molecule has 0 spiro atoms. The minimum atomic E-state index is -1.63. The van der Waals surface area contributed by atoms with Gasteiger partial charge in [-0.1, -0.05) is 158 Å². The molecule has 60 heavy (non-hydrogen) atoms. The third-order valence-electron chi connectivity index (χ3n) is 10.00. The number of ether oxygens (including phenoxy) is 4. The van der Waals surface area contributed by atoms with Gasteiger partial charge < -0.3 is 33.3 Å². The van der Waals surface area contributed by atoms with Gasteiger partial charge in [0, 0.05) is 12.8 Å². The number of nitrogens with zero attached hydrogens (tertiary/aromatic N) is 1. The Labute approximate surface area is 367 Å². The molecule has 0 saturated heterocycles. The van der Waals surface area contributed by atoms with Crippen molar-refractivity contribution in [2.24, 2.45) is 0 Å². The number of rotatable bonds is 43. The molecule has 0 saturated carbocycles. The van der Waals surface area contributed by atoms with Gasteiger partial charge in [-0.15, -0.1) is 0 Å². The number of quaternary nitrogens is 1. The molecule has 0 bridgehead atoms. The van der Waals surface area contributed by atoms with Crippen LogP contribution in [0, 0.1) is 0 Å². The minimum Gasteiger partial charge on any atom is -0.545 e. The quantitative estimate of drug-likeness (QED) is 0.0196. The fourth-order valence-electron chi connectivity index (χ4n) is 6.28. The summed E-state index contributed by atoms with van der Waals surface area (Å²) >= 11 is 0. The molecule has 0 radical (unpaired) electrons. The number of likely N-dealkylation sites (N-methyl/N-ethyl adjacent to an activating group) is 1. The van der Waals surface area contributed by atoms with Gasteiger partial charge in [-0.2, -0.15) is 0 Å². The van der Waals surface area contributed by atoms with Gasteiger partial charge in [-0.3, -0.25) is 9.59 Å². The van der Waals surface area contributed by atoms with Crippen LogP contribution in [0.2, 0.25) is 0 Å². The van der Waals surface area contributed by atoms with Crippen molar-refractivity contribution in [1.29, 1.82) is 0 Å². The van der Waals surface area contributed by atoms with Crippen molar-refractivity contribution in [2.45, 2.75) is 200 Å². The van der Waals surface area contributed by atoms with Gasteiger partial charge in [-0.25, -0.2) is 0 Å². The number of allylic oxidation sites excluding steroid dienone is 10. The van der Waals surface area contributed by atoms with E-state index in [0.717, 1.165) is 89.9 Å². The zero-order chi connectivity index (χ0) is 44.2. The number of carboxylic acids is 1. The predicted molar refractivity (Wildman–Crippen MR) is 246 cm³/mol. The molecular weight excluding hydrogens is 755 g/mol. The molecule has 346 valence electrons. The summed E-state index contributed by atoms with van der Waals surface area (Å²) in [5, 5.41) is 11.7. The van der Waals surface area contributed by atoms with Crippen molar-refractivity contribution in [2.75, 3.05) is 47.5 Å². The summed E-state index contributed by atoms with van der Waals surface area (Å²) in [6.07, 6.45) is 48.2. The minimum absolute atomic E-state index is 0.142.